The van der Waals surface area contributed by atoms with Crippen LogP contribution in [0.15, 0.2) is 29.2 Å². The summed E-state index contributed by atoms with van der Waals surface area (Å²) in [6.07, 6.45) is 0.330. The van der Waals surface area contributed by atoms with Gasteiger partial charge >= 0.3 is 5.97 Å². The number of nitrogens with one attached hydrogen (secondary N) is 1. The molecule has 190 valence electrons. The van der Waals surface area contributed by atoms with Gasteiger partial charge in [0, 0.05) is 32.2 Å². The van der Waals surface area contributed by atoms with E-state index in [0.717, 1.165) is 4.31 Å². The number of amides is 2. The number of sulfonamides is 1. The van der Waals surface area contributed by atoms with E-state index in [1.807, 2.05) is 13.8 Å². The van der Waals surface area contributed by atoms with Gasteiger partial charge in [-0.2, -0.15) is 4.31 Å². The molecule has 1 fully saturated rings. The van der Waals surface area contributed by atoms with Gasteiger partial charge in [0.15, 0.2) is 16.4 Å². The third kappa shape index (κ3) is 7.77. The Hall–Kier alpha value is -2.51. The highest BCUT2D eigenvalue weighted by Gasteiger charge is 2.35. The molecule has 2 amide bonds. The van der Waals surface area contributed by atoms with Crippen LogP contribution < -0.4 is 5.32 Å². The lowest BCUT2D eigenvalue weighted by Crippen LogP contribution is -2.45. The predicted octanol–water partition coefficient (Wildman–Crippen LogP) is 0.480. The number of esters is 1. The molecule has 13 heteroatoms. The number of carbonyl (C=O) groups is 3. The molecule has 0 unspecified atom stereocenters. The van der Waals surface area contributed by atoms with Crippen molar-refractivity contribution in [1.82, 2.24) is 9.21 Å². The highest BCUT2D eigenvalue weighted by molar-refractivity contribution is 7.91. The molecule has 0 aromatic heterocycles. The summed E-state index contributed by atoms with van der Waals surface area (Å²) in [4.78, 5) is 37.4. The van der Waals surface area contributed by atoms with Crippen molar-refractivity contribution < 1.29 is 36.0 Å². The number of rotatable bonds is 10. The minimum absolute atomic E-state index is 0.00772. The van der Waals surface area contributed by atoms with Crippen molar-refractivity contribution in [3.63, 3.8) is 0 Å². The van der Waals surface area contributed by atoms with E-state index in [9.17, 15) is 31.2 Å². The van der Waals surface area contributed by atoms with Crippen LogP contribution in [0.1, 0.15) is 27.2 Å². The smallest absolute Gasteiger partial charge is 0.321 e. The number of sulfone groups is 1. The topological polar surface area (TPSA) is 147 Å². The van der Waals surface area contributed by atoms with Crippen molar-refractivity contribution in [2.45, 2.75) is 38.1 Å². The molecule has 1 N–H and O–H groups in total. The van der Waals surface area contributed by atoms with E-state index < -0.39 is 50.9 Å². The summed E-state index contributed by atoms with van der Waals surface area (Å²) in [7, 11) is -6.02. The fourth-order valence-electron chi connectivity index (χ4n) is 3.50. The van der Waals surface area contributed by atoms with Gasteiger partial charge in [-0.3, -0.25) is 14.4 Å². The number of likely N-dealkylation sites (N-methyl/N-ethyl adjacent to an activating group) is 1. The summed E-state index contributed by atoms with van der Waals surface area (Å²) in [5, 5.41) is 2.53. The molecular weight excluding hydrogens is 486 g/mol. The molecule has 1 atom stereocenters. The van der Waals surface area contributed by atoms with Gasteiger partial charge < -0.3 is 15.0 Å². The fraction of sp³-hybridized carbons (Fsp3) is 0.571. The number of ether oxygens (including phenoxy) is 1. The molecule has 1 saturated heterocycles. The molecule has 0 aliphatic carbocycles. The molecule has 1 aliphatic rings. The maximum Gasteiger partial charge on any atom is 0.321 e. The SMILES string of the molecule is CC(=O)Nc1ccc(S(=O)(=O)N(C)CC(=O)OCC(=O)N(CC(C)C)[C@@H]2CCS(=O)(=O)C2)cc1. The molecule has 0 radical (unpaired) electrons. The van der Waals surface area contributed by atoms with Crippen LogP contribution in [-0.2, 0) is 39.0 Å². The Labute approximate surface area is 200 Å². The first-order valence-electron chi connectivity index (χ1n) is 10.7. The Morgan fingerprint density at radius 2 is 1.79 bits per heavy atom. The van der Waals surface area contributed by atoms with Crippen molar-refractivity contribution >= 4 is 43.3 Å². The van der Waals surface area contributed by atoms with Crippen LogP contribution in [0.4, 0.5) is 5.69 Å². The molecule has 34 heavy (non-hydrogen) atoms. The van der Waals surface area contributed by atoms with Gasteiger partial charge in [0.2, 0.25) is 15.9 Å². The highest BCUT2D eigenvalue weighted by atomic mass is 32.2. The lowest BCUT2D eigenvalue weighted by atomic mass is 10.1. The average molecular weight is 518 g/mol. The number of hydrogen-bond acceptors (Lipinski definition) is 8. The summed E-state index contributed by atoms with van der Waals surface area (Å²) in [6.45, 7) is 4.19. The number of hydrogen-bond donors (Lipinski definition) is 1. The second-order valence-electron chi connectivity index (χ2n) is 8.62. The van der Waals surface area contributed by atoms with Gasteiger partial charge in [0.25, 0.3) is 5.91 Å². The van der Waals surface area contributed by atoms with Gasteiger partial charge in [-0.1, -0.05) is 13.8 Å². The molecule has 1 heterocycles. The van der Waals surface area contributed by atoms with E-state index >= 15 is 0 Å². The zero-order valence-electron chi connectivity index (χ0n) is 19.7. The largest absolute Gasteiger partial charge is 0.455 e. The van der Waals surface area contributed by atoms with E-state index in [0.29, 0.717) is 18.7 Å². The Bertz CT molecular complexity index is 1120. The van der Waals surface area contributed by atoms with Crippen LogP contribution in [0.25, 0.3) is 0 Å². The van der Waals surface area contributed by atoms with E-state index in [4.69, 9.17) is 4.74 Å². The van der Waals surface area contributed by atoms with Crippen molar-refractivity contribution in [3.8, 4) is 0 Å². The first-order valence-corrected chi connectivity index (χ1v) is 14.0. The maximum absolute atomic E-state index is 12.7. The summed E-state index contributed by atoms with van der Waals surface area (Å²) >= 11 is 0. The first kappa shape index (κ1) is 27.7. The zero-order valence-corrected chi connectivity index (χ0v) is 21.3. The Morgan fingerprint density at radius 3 is 2.29 bits per heavy atom. The summed E-state index contributed by atoms with van der Waals surface area (Å²) in [5.74, 6) is -1.78. The van der Waals surface area contributed by atoms with Crippen LogP contribution in [0.2, 0.25) is 0 Å². The average Bonchev–Trinajstić information content (AvgIpc) is 3.09. The minimum Gasteiger partial charge on any atom is -0.455 e. The number of anilines is 1. The normalized spacial score (nSPS) is 17.5. The standard InChI is InChI=1S/C21H31N3O8S2/c1-15(2)11-24(18-9-10-33(28,29)14-18)20(26)13-32-21(27)12-23(4)34(30,31)19-7-5-17(6-8-19)22-16(3)25/h5-8,15,18H,9-14H2,1-4H3,(H,22,25)/t18-/m1/s1. The van der Waals surface area contributed by atoms with Crippen molar-refractivity contribution in [2.75, 3.05) is 43.6 Å². The van der Waals surface area contributed by atoms with Crippen LogP contribution in [-0.4, -0.2) is 88.1 Å². The lowest BCUT2D eigenvalue weighted by Gasteiger charge is -2.29. The molecule has 1 aromatic rings. The number of nitrogens with zero attached hydrogens (tertiary/aromatic N) is 2. The monoisotopic (exact) mass is 517 g/mol. The summed E-state index contributed by atoms with van der Waals surface area (Å²) in [5.41, 5.74) is 0.424. The molecular formula is C21H31N3O8S2. The lowest BCUT2D eigenvalue weighted by molar-refractivity contribution is -0.153. The second kappa shape index (κ2) is 11.3. The Morgan fingerprint density at radius 1 is 1.18 bits per heavy atom. The summed E-state index contributed by atoms with van der Waals surface area (Å²) < 4.78 is 54.8. The Kier molecular flexibility index (Phi) is 9.20. The number of benzene rings is 1. The van der Waals surface area contributed by atoms with Crippen LogP contribution >= 0.6 is 0 Å². The minimum atomic E-state index is -4.02. The molecule has 1 aliphatic heterocycles. The molecule has 0 spiro atoms. The van der Waals surface area contributed by atoms with Gasteiger partial charge in [0.05, 0.1) is 16.4 Å². The van der Waals surface area contributed by atoms with Crippen molar-refractivity contribution in [1.29, 1.82) is 0 Å². The highest BCUT2D eigenvalue weighted by Crippen LogP contribution is 2.20. The van der Waals surface area contributed by atoms with E-state index in [2.05, 4.69) is 5.32 Å². The summed E-state index contributed by atoms with van der Waals surface area (Å²) in [6, 6.07) is 4.97. The van der Waals surface area contributed by atoms with Gasteiger partial charge in [-0.15, -0.1) is 0 Å². The van der Waals surface area contributed by atoms with E-state index in [1.54, 1.807) is 0 Å². The van der Waals surface area contributed by atoms with E-state index in [-0.39, 0.29) is 28.2 Å². The first-order chi connectivity index (χ1) is 15.7. The van der Waals surface area contributed by atoms with Crippen LogP contribution in [0.3, 0.4) is 0 Å². The van der Waals surface area contributed by atoms with Gasteiger partial charge in [-0.05, 0) is 36.6 Å². The third-order valence-electron chi connectivity index (χ3n) is 5.12. The zero-order chi connectivity index (χ0) is 25.7. The maximum atomic E-state index is 12.7. The van der Waals surface area contributed by atoms with E-state index in [1.165, 1.54) is 43.1 Å². The molecule has 0 saturated carbocycles. The quantitative estimate of drug-likeness (QED) is 0.441. The second-order valence-corrected chi connectivity index (χ2v) is 12.9. The molecule has 2 rings (SSSR count). The van der Waals surface area contributed by atoms with Gasteiger partial charge in [-0.25, -0.2) is 16.8 Å². The molecule has 1 aromatic carbocycles. The fourth-order valence-corrected chi connectivity index (χ4v) is 6.35. The predicted molar refractivity (Wildman–Crippen MR) is 125 cm³/mol. The molecule has 0 bridgehead atoms. The van der Waals surface area contributed by atoms with Crippen molar-refractivity contribution in [3.05, 3.63) is 24.3 Å². The van der Waals surface area contributed by atoms with Crippen LogP contribution in [0, 0.1) is 5.92 Å². The Balaban J connectivity index is 1.96. The van der Waals surface area contributed by atoms with Crippen molar-refractivity contribution in [2.24, 2.45) is 5.92 Å². The van der Waals surface area contributed by atoms with Gasteiger partial charge in [0.1, 0.15) is 6.54 Å². The molecule has 11 nitrogen and oxygen atoms in total. The van der Waals surface area contributed by atoms with Crippen LogP contribution in [0.5, 0.6) is 0 Å². The number of carbonyl (C=O) groups excluding carboxylic acids is 3. The third-order valence-corrected chi connectivity index (χ3v) is 8.69.